The second-order valence-electron chi connectivity index (χ2n) is 16.0. The van der Waals surface area contributed by atoms with Gasteiger partial charge < -0.3 is 31.3 Å². The Morgan fingerprint density at radius 1 is 1.04 bits per heavy atom. The van der Waals surface area contributed by atoms with E-state index in [0.29, 0.717) is 18.9 Å². The highest BCUT2D eigenvalue weighted by Crippen LogP contribution is 2.74. The van der Waals surface area contributed by atoms with Gasteiger partial charge in [-0.05, 0) is 79.4 Å². The second-order valence-corrected chi connectivity index (χ2v) is 16.0. The Hall–Kier alpha value is -3.61. The highest BCUT2D eigenvalue weighted by atomic mass is 16.3. The smallest absolute Gasteiger partial charge is 0.272 e. The van der Waals surface area contributed by atoms with E-state index >= 15 is 0 Å². The molecule has 13 heteroatoms. The van der Waals surface area contributed by atoms with Crippen LogP contribution in [0.15, 0.2) is 18.6 Å². The van der Waals surface area contributed by atoms with Gasteiger partial charge >= 0.3 is 0 Å². The molecule has 4 aliphatic carbocycles. The Labute approximate surface area is 274 Å². The van der Waals surface area contributed by atoms with Crippen molar-refractivity contribution in [3.8, 4) is 0 Å². The van der Waals surface area contributed by atoms with E-state index in [-0.39, 0.29) is 46.7 Å². The lowest BCUT2D eigenvalue weighted by Gasteiger charge is -2.37. The van der Waals surface area contributed by atoms with Crippen LogP contribution in [-0.2, 0) is 19.2 Å². The molecular weight excluding hydrogens is 602 g/mol. The van der Waals surface area contributed by atoms with E-state index in [9.17, 15) is 29.1 Å². The number of likely N-dealkylation sites (tertiary alicyclic amines) is 1. The number of carbonyl (C=O) groups is 5. The summed E-state index contributed by atoms with van der Waals surface area (Å²) in [6.07, 6.45) is 10.5. The van der Waals surface area contributed by atoms with Crippen molar-refractivity contribution in [2.75, 3.05) is 6.54 Å². The Balaban J connectivity index is 1.11. The van der Waals surface area contributed by atoms with Crippen LogP contribution >= 0.6 is 0 Å². The van der Waals surface area contributed by atoms with Crippen LogP contribution in [0.3, 0.4) is 0 Å². The summed E-state index contributed by atoms with van der Waals surface area (Å²) in [4.78, 5) is 78.2. The van der Waals surface area contributed by atoms with Crippen molar-refractivity contribution in [2.45, 2.75) is 115 Å². The molecule has 2 aliphatic heterocycles. The first kappa shape index (κ1) is 32.0. The summed E-state index contributed by atoms with van der Waals surface area (Å²) in [7, 11) is 0. The topological polar surface area (TPSA) is 183 Å². The predicted molar refractivity (Wildman–Crippen MR) is 168 cm³/mol. The van der Waals surface area contributed by atoms with Crippen LogP contribution in [0.4, 0.5) is 0 Å². The van der Waals surface area contributed by atoms with Gasteiger partial charge in [-0.25, -0.2) is 4.98 Å². The van der Waals surface area contributed by atoms with Crippen LogP contribution in [0, 0.1) is 34.5 Å². The molecule has 0 radical (unpaired) electrons. The number of aliphatic hydroxyl groups is 1. The first-order chi connectivity index (χ1) is 22.4. The molecule has 3 heterocycles. The quantitative estimate of drug-likeness (QED) is 0.259. The normalized spacial score (nSPS) is 33.1. The number of hydrogen-bond acceptors (Lipinski definition) is 8. The maximum atomic E-state index is 14.6. The molecule has 6 fully saturated rings. The van der Waals surface area contributed by atoms with E-state index in [1.54, 1.807) is 4.90 Å². The van der Waals surface area contributed by atoms with Crippen LogP contribution in [0.1, 0.15) is 89.0 Å². The molecule has 9 unspecified atom stereocenters. The first-order valence-electron chi connectivity index (χ1n) is 17.3. The third kappa shape index (κ3) is 5.89. The van der Waals surface area contributed by atoms with Crippen LogP contribution in [0.2, 0.25) is 0 Å². The lowest BCUT2D eigenvalue weighted by Crippen LogP contribution is -2.62. The molecule has 0 bridgehead atoms. The van der Waals surface area contributed by atoms with Crippen molar-refractivity contribution in [3.63, 3.8) is 0 Å². The van der Waals surface area contributed by atoms with Gasteiger partial charge in [0.2, 0.25) is 17.7 Å². The fourth-order valence-corrected chi connectivity index (χ4v) is 9.33. The fourth-order valence-electron chi connectivity index (χ4n) is 9.33. The molecule has 47 heavy (non-hydrogen) atoms. The number of nitrogens with one attached hydrogen (secondary N) is 4. The minimum atomic E-state index is -1.36. The monoisotopic (exact) mass is 649 g/mol. The molecule has 9 atom stereocenters. The predicted octanol–water partition coefficient (Wildman–Crippen LogP) is 0.677. The largest absolute Gasteiger partial charge is 0.381 e. The zero-order valence-electron chi connectivity index (χ0n) is 27.4. The molecule has 5 amide bonds. The van der Waals surface area contributed by atoms with Crippen LogP contribution < -0.4 is 21.3 Å². The molecule has 1 aromatic rings. The number of amides is 5. The summed E-state index contributed by atoms with van der Waals surface area (Å²) in [5.74, 6) is -1.67. The van der Waals surface area contributed by atoms with Gasteiger partial charge in [-0.1, -0.05) is 33.6 Å². The average Bonchev–Trinajstić information content (AvgIpc) is 3.81. The highest BCUT2D eigenvalue weighted by Gasteiger charge is 2.73. The van der Waals surface area contributed by atoms with Crippen LogP contribution in [0.5, 0.6) is 0 Å². The molecule has 2 saturated heterocycles. The third-order valence-electron chi connectivity index (χ3n) is 11.8. The number of aromatic nitrogens is 2. The summed E-state index contributed by atoms with van der Waals surface area (Å²) in [6, 6.07) is -3.20. The van der Waals surface area contributed by atoms with Gasteiger partial charge in [-0.2, -0.15) is 0 Å². The third-order valence-corrected chi connectivity index (χ3v) is 11.8. The van der Waals surface area contributed by atoms with Crippen molar-refractivity contribution in [1.82, 2.24) is 36.1 Å². The maximum Gasteiger partial charge on any atom is 0.272 e. The van der Waals surface area contributed by atoms with Gasteiger partial charge in [0, 0.05) is 25.0 Å². The minimum Gasteiger partial charge on any atom is -0.381 e. The highest BCUT2D eigenvalue weighted by molar-refractivity contribution is 5.98. The van der Waals surface area contributed by atoms with E-state index in [0.717, 1.165) is 51.4 Å². The average molecular weight is 650 g/mol. The van der Waals surface area contributed by atoms with E-state index in [4.69, 9.17) is 0 Å². The molecule has 1 aromatic heterocycles. The molecule has 1 spiro atoms. The van der Waals surface area contributed by atoms with Crippen molar-refractivity contribution in [3.05, 3.63) is 24.3 Å². The number of rotatable bonds is 9. The van der Waals surface area contributed by atoms with Crippen molar-refractivity contribution < 1.29 is 29.1 Å². The molecule has 7 rings (SSSR count). The second kappa shape index (κ2) is 11.8. The van der Waals surface area contributed by atoms with Gasteiger partial charge in [0.15, 0.2) is 6.10 Å². The Morgan fingerprint density at radius 2 is 1.79 bits per heavy atom. The Bertz CT molecular complexity index is 1440. The number of hydrogen-bond donors (Lipinski definition) is 5. The molecule has 4 saturated carbocycles. The molecule has 5 N–H and O–H groups in total. The van der Waals surface area contributed by atoms with Crippen molar-refractivity contribution >= 4 is 29.5 Å². The Morgan fingerprint density at radius 3 is 2.45 bits per heavy atom. The number of nitrogens with zero attached hydrogens (tertiary/aromatic N) is 3. The fraction of sp³-hybridized carbons (Fsp3) is 0.735. The summed E-state index contributed by atoms with van der Waals surface area (Å²) >= 11 is 0. The van der Waals surface area contributed by atoms with E-state index < -0.39 is 53.4 Å². The molecular formula is C34H47N7O6. The molecule has 0 aromatic carbocycles. The van der Waals surface area contributed by atoms with Crippen LogP contribution in [0.25, 0.3) is 0 Å². The van der Waals surface area contributed by atoms with Gasteiger partial charge in [0.05, 0.1) is 12.2 Å². The van der Waals surface area contributed by atoms with Gasteiger partial charge in [0.25, 0.3) is 11.8 Å². The van der Waals surface area contributed by atoms with Gasteiger partial charge in [0.1, 0.15) is 23.8 Å². The van der Waals surface area contributed by atoms with E-state index in [1.165, 1.54) is 18.6 Å². The van der Waals surface area contributed by atoms with Gasteiger partial charge in [-0.3, -0.25) is 29.0 Å². The first-order valence-corrected chi connectivity index (χ1v) is 17.3. The van der Waals surface area contributed by atoms with Crippen molar-refractivity contribution in [2.24, 2.45) is 34.5 Å². The summed E-state index contributed by atoms with van der Waals surface area (Å²) in [6.45, 7) is 6.07. The maximum absolute atomic E-state index is 14.6. The molecule has 254 valence electrons. The SMILES string of the molecule is CC(C)(C)C(NC(=O)C(NC(=O)c1cnccn1)C1CCCC1)C(=O)N1CC2CC3CC34CC(C(O)C(=O)NC3CC3)NC(=O)C1C24. The summed E-state index contributed by atoms with van der Waals surface area (Å²) in [5, 5.41) is 22.8. The lowest BCUT2D eigenvalue weighted by atomic mass is 9.78. The molecule has 13 nitrogen and oxygen atoms in total. The minimum absolute atomic E-state index is 0.0611. The zero-order valence-corrected chi connectivity index (χ0v) is 27.4. The standard InChI is InChI=1S/C34H47N7O6/c1-33(2,3)27(40-29(44)24(17-6-4-5-7-17)39-28(43)22-15-35-10-11-36-22)32(47)41-16-18-12-19-13-34(19)14-21(38-30(45)25(41)23(18)34)26(42)31(46)37-20-8-9-20/h10-11,15,17-21,23-27,42H,4-9,12-14,16H2,1-3H3,(H,37,46)(H,38,45)(H,39,43)(H,40,44). The van der Waals surface area contributed by atoms with E-state index in [2.05, 4.69) is 31.2 Å². The van der Waals surface area contributed by atoms with Gasteiger partial charge in [-0.15, -0.1) is 0 Å². The van der Waals surface area contributed by atoms with Crippen LogP contribution in [-0.4, -0.2) is 92.4 Å². The number of carbonyl (C=O) groups excluding carboxylic acids is 5. The summed E-state index contributed by atoms with van der Waals surface area (Å²) in [5.41, 5.74) is -0.802. The Kier molecular flexibility index (Phi) is 8.04. The van der Waals surface area contributed by atoms with Crippen molar-refractivity contribution in [1.29, 1.82) is 0 Å². The number of aliphatic hydroxyl groups excluding tert-OH is 1. The zero-order chi connectivity index (χ0) is 33.2. The lowest BCUT2D eigenvalue weighted by molar-refractivity contribution is -0.145. The molecule has 6 aliphatic rings. The summed E-state index contributed by atoms with van der Waals surface area (Å²) < 4.78 is 0. The van der Waals surface area contributed by atoms with E-state index in [1.807, 2.05) is 20.8 Å².